The lowest BCUT2D eigenvalue weighted by molar-refractivity contribution is 0.563. The minimum absolute atomic E-state index is 0.325. The van der Waals surface area contributed by atoms with Gasteiger partial charge in [0.05, 0.1) is 0 Å². The van der Waals surface area contributed by atoms with Crippen molar-refractivity contribution in [3.63, 3.8) is 0 Å². The normalized spacial score (nSPS) is 17.1. The van der Waals surface area contributed by atoms with Crippen LogP contribution in [0.4, 0.5) is 5.69 Å². The zero-order valence-corrected chi connectivity index (χ0v) is 9.96. The average molecular weight is 191 g/mol. The molecule has 1 aromatic rings. The van der Waals surface area contributed by atoms with Gasteiger partial charge in [-0.15, -0.1) is 0 Å². The van der Waals surface area contributed by atoms with Gasteiger partial charge in [0, 0.05) is 24.7 Å². The van der Waals surface area contributed by atoms with Crippen LogP contribution in [0, 0.1) is 0 Å². The molecule has 1 aliphatic rings. The number of benzene rings is 1. The topological polar surface area (TPSA) is 3.24 Å². The molecule has 0 spiro atoms. The molecule has 78 valence electrons. The highest BCUT2D eigenvalue weighted by Crippen LogP contribution is 2.38. The Balaban J connectivity index is 0.000000461. The summed E-state index contributed by atoms with van der Waals surface area (Å²) in [6.07, 6.45) is 0. The third-order valence-electron chi connectivity index (χ3n) is 2.68. The summed E-state index contributed by atoms with van der Waals surface area (Å²) in [5.74, 6) is 0. The predicted octanol–water partition coefficient (Wildman–Crippen LogP) is 3.44. The van der Waals surface area contributed by atoms with Gasteiger partial charge in [0.15, 0.2) is 0 Å². The average Bonchev–Trinajstić information content (AvgIpc) is 2.42. The van der Waals surface area contributed by atoms with E-state index in [-0.39, 0.29) is 0 Å². The van der Waals surface area contributed by atoms with E-state index in [2.05, 4.69) is 50.1 Å². The fourth-order valence-corrected chi connectivity index (χ4v) is 2.14. The molecule has 0 unspecified atom stereocenters. The van der Waals surface area contributed by atoms with Crippen LogP contribution in [0.3, 0.4) is 0 Å². The Morgan fingerprint density at radius 2 is 1.71 bits per heavy atom. The van der Waals surface area contributed by atoms with E-state index in [1.165, 1.54) is 11.3 Å². The minimum atomic E-state index is 0.325. The van der Waals surface area contributed by atoms with Gasteiger partial charge < -0.3 is 4.90 Å². The molecule has 1 nitrogen and oxygen atoms in total. The Morgan fingerprint density at radius 3 is 2.29 bits per heavy atom. The van der Waals surface area contributed by atoms with Crippen LogP contribution in [-0.2, 0) is 5.41 Å². The standard InChI is InChI=1S/C11H15N.C2H6/c1-11(2)8-12(3)10-7-5-4-6-9(10)11;1-2/h4-7H,8H2,1-3H3;1-2H3. The van der Waals surface area contributed by atoms with Crippen molar-refractivity contribution < 1.29 is 0 Å². The van der Waals surface area contributed by atoms with E-state index in [1.807, 2.05) is 13.8 Å². The summed E-state index contributed by atoms with van der Waals surface area (Å²) < 4.78 is 0. The molecule has 1 aromatic carbocycles. The molecule has 0 aromatic heterocycles. The summed E-state index contributed by atoms with van der Waals surface area (Å²) in [7, 11) is 2.16. The van der Waals surface area contributed by atoms with Crippen molar-refractivity contribution in [2.45, 2.75) is 33.1 Å². The lowest BCUT2D eigenvalue weighted by atomic mass is 9.87. The van der Waals surface area contributed by atoms with Crippen molar-refractivity contribution in [2.75, 3.05) is 18.5 Å². The van der Waals surface area contributed by atoms with Crippen molar-refractivity contribution in [2.24, 2.45) is 0 Å². The molecule has 1 aliphatic heterocycles. The fourth-order valence-electron chi connectivity index (χ4n) is 2.14. The first kappa shape index (κ1) is 11.1. The van der Waals surface area contributed by atoms with Gasteiger partial charge >= 0.3 is 0 Å². The highest BCUT2D eigenvalue weighted by Gasteiger charge is 2.32. The third-order valence-corrected chi connectivity index (χ3v) is 2.68. The van der Waals surface area contributed by atoms with Gasteiger partial charge in [0.25, 0.3) is 0 Å². The number of hydrogen-bond donors (Lipinski definition) is 0. The smallest absolute Gasteiger partial charge is 0.0402 e. The van der Waals surface area contributed by atoms with Crippen LogP contribution < -0.4 is 4.90 Å². The van der Waals surface area contributed by atoms with E-state index < -0.39 is 0 Å². The maximum Gasteiger partial charge on any atom is 0.0402 e. The van der Waals surface area contributed by atoms with E-state index in [9.17, 15) is 0 Å². The Labute approximate surface area is 87.7 Å². The SMILES string of the molecule is CC.CN1CC(C)(C)c2ccccc21. The molecule has 0 fully saturated rings. The number of hydrogen-bond acceptors (Lipinski definition) is 1. The number of anilines is 1. The van der Waals surface area contributed by atoms with Crippen molar-refractivity contribution in [1.29, 1.82) is 0 Å². The summed E-state index contributed by atoms with van der Waals surface area (Å²) in [6.45, 7) is 9.73. The second-order valence-electron chi connectivity index (χ2n) is 4.26. The quantitative estimate of drug-likeness (QED) is 0.607. The summed E-state index contributed by atoms with van der Waals surface area (Å²) in [5, 5.41) is 0. The zero-order valence-electron chi connectivity index (χ0n) is 9.96. The first-order chi connectivity index (χ1) is 6.61. The molecule has 0 amide bonds. The lowest BCUT2D eigenvalue weighted by Crippen LogP contribution is -2.24. The maximum absolute atomic E-state index is 2.33. The number of likely N-dealkylation sites (N-methyl/N-ethyl adjacent to an activating group) is 1. The third kappa shape index (κ3) is 1.77. The Hall–Kier alpha value is -0.980. The van der Waals surface area contributed by atoms with Crippen LogP contribution in [-0.4, -0.2) is 13.6 Å². The van der Waals surface area contributed by atoms with E-state index >= 15 is 0 Å². The fraction of sp³-hybridized carbons (Fsp3) is 0.538. The molecule has 0 bridgehead atoms. The van der Waals surface area contributed by atoms with Gasteiger partial charge in [0.2, 0.25) is 0 Å². The first-order valence-electron chi connectivity index (χ1n) is 5.42. The molecule has 1 heterocycles. The van der Waals surface area contributed by atoms with Gasteiger partial charge in [0.1, 0.15) is 0 Å². The van der Waals surface area contributed by atoms with Gasteiger partial charge in [-0.1, -0.05) is 45.9 Å². The second-order valence-corrected chi connectivity index (χ2v) is 4.26. The second kappa shape index (κ2) is 4.04. The summed E-state index contributed by atoms with van der Waals surface area (Å²) in [4.78, 5) is 2.33. The number of nitrogens with zero attached hydrogens (tertiary/aromatic N) is 1. The van der Waals surface area contributed by atoms with Crippen LogP contribution >= 0.6 is 0 Å². The largest absolute Gasteiger partial charge is 0.373 e. The molecular weight excluding hydrogens is 170 g/mol. The first-order valence-corrected chi connectivity index (χ1v) is 5.42. The van der Waals surface area contributed by atoms with Crippen LogP contribution in [0.1, 0.15) is 33.3 Å². The molecule has 0 aliphatic carbocycles. The van der Waals surface area contributed by atoms with E-state index in [0.29, 0.717) is 5.41 Å². The van der Waals surface area contributed by atoms with Crippen molar-refractivity contribution in [1.82, 2.24) is 0 Å². The van der Waals surface area contributed by atoms with E-state index in [4.69, 9.17) is 0 Å². The van der Waals surface area contributed by atoms with Crippen molar-refractivity contribution >= 4 is 5.69 Å². The summed E-state index contributed by atoms with van der Waals surface area (Å²) in [6, 6.07) is 8.67. The number of para-hydroxylation sites is 1. The molecule has 14 heavy (non-hydrogen) atoms. The highest BCUT2D eigenvalue weighted by molar-refractivity contribution is 5.61. The van der Waals surface area contributed by atoms with E-state index in [0.717, 1.165) is 6.54 Å². The monoisotopic (exact) mass is 191 g/mol. The lowest BCUT2D eigenvalue weighted by Gasteiger charge is -2.18. The van der Waals surface area contributed by atoms with Gasteiger partial charge in [-0.25, -0.2) is 0 Å². The summed E-state index contributed by atoms with van der Waals surface area (Å²) >= 11 is 0. The van der Waals surface area contributed by atoms with Crippen LogP contribution in [0.25, 0.3) is 0 Å². The molecule has 0 atom stereocenters. The predicted molar refractivity (Wildman–Crippen MR) is 64.1 cm³/mol. The Kier molecular flexibility index (Phi) is 3.20. The highest BCUT2D eigenvalue weighted by atomic mass is 15.1. The van der Waals surface area contributed by atoms with Gasteiger partial charge in [-0.2, -0.15) is 0 Å². The molecule has 2 rings (SSSR count). The minimum Gasteiger partial charge on any atom is -0.373 e. The zero-order chi connectivity index (χ0) is 10.8. The molecule has 0 saturated carbocycles. The molecular formula is C13H21N. The van der Waals surface area contributed by atoms with Gasteiger partial charge in [-0.05, 0) is 11.6 Å². The van der Waals surface area contributed by atoms with Crippen molar-refractivity contribution in [3.8, 4) is 0 Å². The molecule has 0 radical (unpaired) electrons. The van der Waals surface area contributed by atoms with Crippen LogP contribution in [0.5, 0.6) is 0 Å². The Bertz CT molecular complexity index is 302. The summed E-state index contributed by atoms with van der Waals surface area (Å²) in [5.41, 5.74) is 3.20. The van der Waals surface area contributed by atoms with Crippen molar-refractivity contribution in [3.05, 3.63) is 29.8 Å². The van der Waals surface area contributed by atoms with Crippen LogP contribution in [0.15, 0.2) is 24.3 Å². The van der Waals surface area contributed by atoms with Gasteiger partial charge in [-0.3, -0.25) is 0 Å². The number of fused-ring (bicyclic) bond motifs is 1. The van der Waals surface area contributed by atoms with Crippen LogP contribution in [0.2, 0.25) is 0 Å². The number of rotatable bonds is 0. The molecule has 0 N–H and O–H groups in total. The molecule has 1 heteroatoms. The molecule has 0 saturated heterocycles. The Morgan fingerprint density at radius 1 is 1.14 bits per heavy atom. The van der Waals surface area contributed by atoms with E-state index in [1.54, 1.807) is 0 Å². The maximum atomic E-state index is 2.33.